The van der Waals surface area contributed by atoms with E-state index in [4.69, 9.17) is 0 Å². The first-order valence-corrected chi connectivity index (χ1v) is 6.00. The molecule has 0 atom stereocenters. The second-order valence-corrected chi connectivity index (χ2v) is 5.11. The third kappa shape index (κ3) is 2.03. The van der Waals surface area contributed by atoms with Gasteiger partial charge >= 0.3 is 0 Å². The quantitative estimate of drug-likeness (QED) is 0.807. The number of nitrogens with one attached hydrogen (secondary N) is 1. The van der Waals surface area contributed by atoms with Crippen LogP contribution in [-0.2, 0) is 0 Å². The molecule has 1 fully saturated rings. The van der Waals surface area contributed by atoms with Gasteiger partial charge in [0, 0.05) is 22.4 Å². The molecule has 1 aromatic rings. The molecule has 1 aliphatic heterocycles. The minimum atomic E-state index is -0.0327. The van der Waals surface area contributed by atoms with E-state index in [1.54, 1.807) is 0 Å². The molecule has 0 aliphatic carbocycles. The smallest absolute Gasteiger partial charge is 0.271 e. The van der Waals surface area contributed by atoms with Gasteiger partial charge in [-0.05, 0) is 24.5 Å². The van der Waals surface area contributed by atoms with Gasteiger partial charge in [0.05, 0.1) is 0 Å². The molecular formula is C8H10N2OS2. The maximum atomic E-state index is 11.5. The summed E-state index contributed by atoms with van der Waals surface area (Å²) < 4.78 is 4.05. The first-order chi connectivity index (χ1) is 6.25. The van der Waals surface area contributed by atoms with Crippen LogP contribution in [0.2, 0.25) is 0 Å². The molecular weight excluding hydrogens is 204 g/mol. The molecule has 2 rings (SSSR count). The van der Waals surface area contributed by atoms with E-state index in [1.807, 2.05) is 24.8 Å². The van der Waals surface area contributed by atoms with Crippen LogP contribution in [0.4, 0.5) is 0 Å². The highest BCUT2D eigenvalue weighted by Crippen LogP contribution is 2.18. The second kappa shape index (κ2) is 3.67. The van der Waals surface area contributed by atoms with Crippen molar-refractivity contribution in [2.45, 2.75) is 13.0 Å². The van der Waals surface area contributed by atoms with Crippen LogP contribution in [0.15, 0.2) is 6.07 Å². The minimum absolute atomic E-state index is 0.0327. The van der Waals surface area contributed by atoms with Crippen molar-refractivity contribution in [1.82, 2.24) is 9.69 Å². The first-order valence-electron chi connectivity index (χ1n) is 4.07. The third-order valence-electron chi connectivity index (χ3n) is 1.83. The van der Waals surface area contributed by atoms with Crippen molar-refractivity contribution in [2.75, 3.05) is 11.5 Å². The average molecular weight is 214 g/mol. The van der Waals surface area contributed by atoms with Crippen LogP contribution in [-0.4, -0.2) is 27.8 Å². The van der Waals surface area contributed by atoms with Gasteiger partial charge in [-0.3, -0.25) is 4.79 Å². The average Bonchev–Trinajstić information content (AvgIpc) is 2.44. The summed E-state index contributed by atoms with van der Waals surface area (Å²) in [4.78, 5) is 12.6. The Morgan fingerprint density at radius 1 is 1.69 bits per heavy atom. The Morgan fingerprint density at radius 3 is 2.92 bits per heavy atom. The predicted molar refractivity (Wildman–Crippen MR) is 55.4 cm³/mol. The molecule has 1 amide bonds. The van der Waals surface area contributed by atoms with E-state index in [0.29, 0.717) is 11.7 Å². The molecule has 2 heterocycles. The number of aryl methyl sites for hydroxylation is 1. The predicted octanol–water partition coefficient (Wildman–Crippen LogP) is 1.30. The van der Waals surface area contributed by atoms with Crippen LogP contribution in [0.1, 0.15) is 15.4 Å². The number of nitrogens with zero attached hydrogens (tertiary/aromatic N) is 1. The fourth-order valence-corrected chi connectivity index (χ4v) is 2.23. The zero-order chi connectivity index (χ0) is 9.26. The number of hydrogen-bond donors (Lipinski definition) is 1. The standard InChI is InChI=1S/C8H10N2OS2/c1-5-2-7(10-13-5)8(11)9-6-3-12-4-6/h2,6H,3-4H2,1H3,(H,9,11). The van der Waals surface area contributed by atoms with Crippen LogP contribution in [0.3, 0.4) is 0 Å². The summed E-state index contributed by atoms with van der Waals surface area (Å²) >= 11 is 3.22. The summed E-state index contributed by atoms with van der Waals surface area (Å²) in [6.07, 6.45) is 0. The highest BCUT2D eigenvalue weighted by atomic mass is 32.2. The van der Waals surface area contributed by atoms with E-state index < -0.39 is 0 Å². The van der Waals surface area contributed by atoms with Gasteiger partial charge in [0.15, 0.2) is 0 Å². The first kappa shape index (κ1) is 9.02. The Kier molecular flexibility index (Phi) is 2.55. The number of hydrogen-bond acceptors (Lipinski definition) is 4. The number of thioether (sulfide) groups is 1. The van der Waals surface area contributed by atoms with Crippen molar-refractivity contribution in [3.8, 4) is 0 Å². The maximum Gasteiger partial charge on any atom is 0.271 e. The Bertz CT molecular complexity index is 320. The van der Waals surface area contributed by atoms with Crippen molar-refractivity contribution in [1.29, 1.82) is 0 Å². The van der Waals surface area contributed by atoms with Gasteiger partial charge in [-0.2, -0.15) is 16.1 Å². The van der Waals surface area contributed by atoms with Crippen LogP contribution >= 0.6 is 23.3 Å². The Labute approximate surface area is 85.1 Å². The lowest BCUT2D eigenvalue weighted by Gasteiger charge is -2.25. The van der Waals surface area contributed by atoms with Gasteiger partial charge in [0.2, 0.25) is 0 Å². The molecule has 5 heteroatoms. The zero-order valence-corrected chi connectivity index (χ0v) is 8.87. The number of carbonyl (C=O) groups excluding carboxylic acids is 1. The fraction of sp³-hybridized carbons (Fsp3) is 0.500. The number of carbonyl (C=O) groups is 1. The zero-order valence-electron chi connectivity index (χ0n) is 7.24. The second-order valence-electron chi connectivity index (χ2n) is 3.03. The molecule has 1 N–H and O–H groups in total. The fourth-order valence-electron chi connectivity index (χ4n) is 1.05. The lowest BCUT2D eigenvalue weighted by atomic mass is 10.3. The van der Waals surface area contributed by atoms with Gasteiger partial charge in [-0.25, -0.2) is 0 Å². The van der Waals surface area contributed by atoms with Gasteiger partial charge in [-0.1, -0.05) is 0 Å². The molecule has 1 aliphatic rings. The molecule has 0 saturated carbocycles. The summed E-state index contributed by atoms with van der Waals surface area (Å²) in [5.74, 6) is 2.04. The van der Waals surface area contributed by atoms with Crippen LogP contribution in [0, 0.1) is 6.92 Å². The molecule has 1 saturated heterocycles. The van der Waals surface area contributed by atoms with E-state index in [1.165, 1.54) is 11.5 Å². The van der Waals surface area contributed by atoms with E-state index >= 15 is 0 Å². The summed E-state index contributed by atoms with van der Waals surface area (Å²) in [7, 11) is 0. The normalized spacial score (nSPS) is 16.7. The molecule has 0 spiro atoms. The molecule has 70 valence electrons. The van der Waals surface area contributed by atoms with Crippen LogP contribution < -0.4 is 5.32 Å². The van der Waals surface area contributed by atoms with Crippen LogP contribution in [0.25, 0.3) is 0 Å². The Morgan fingerprint density at radius 2 is 2.46 bits per heavy atom. The highest BCUT2D eigenvalue weighted by molar-refractivity contribution is 8.00. The largest absolute Gasteiger partial charge is 0.346 e. The van der Waals surface area contributed by atoms with E-state index in [9.17, 15) is 4.79 Å². The number of aromatic nitrogens is 1. The SMILES string of the molecule is Cc1cc(C(=O)NC2CSC2)ns1. The number of amides is 1. The minimum Gasteiger partial charge on any atom is -0.346 e. The number of rotatable bonds is 2. The molecule has 13 heavy (non-hydrogen) atoms. The molecule has 3 nitrogen and oxygen atoms in total. The van der Waals surface area contributed by atoms with Crippen molar-refractivity contribution >= 4 is 29.2 Å². The van der Waals surface area contributed by atoms with Crippen molar-refractivity contribution in [3.63, 3.8) is 0 Å². The van der Waals surface area contributed by atoms with Crippen molar-refractivity contribution in [3.05, 3.63) is 16.6 Å². The van der Waals surface area contributed by atoms with Crippen molar-refractivity contribution in [2.24, 2.45) is 0 Å². The maximum absolute atomic E-state index is 11.5. The lowest BCUT2D eigenvalue weighted by molar-refractivity contribution is 0.0939. The van der Waals surface area contributed by atoms with Gasteiger partial charge < -0.3 is 5.32 Å². The Hall–Kier alpha value is -0.550. The van der Waals surface area contributed by atoms with Gasteiger partial charge in [0.1, 0.15) is 5.69 Å². The van der Waals surface area contributed by atoms with E-state index in [0.717, 1.165) is 16.4 Å². The lowest BCUT2D eigenvalue weighted by Crippen LogP contribution is -2.43. The third-order valence-corrected chi connectivity index (χ3v) is 3.80. The Balaban J connectivity index is 1.96. The molecule has 0 unspecified atom stereocenters. The van der Waals surface area contributed by atoms with Gasteiger partial charge in [-0.15, -0.1) is 0 Å². The van der Waals surface area contributed by atoms with Crippen molar-refractivity contribution < 1.29 is 4.79 Å². The molecule has 0 aromatic carbocycles. The van der Waals surface area contributed by atoms with Gasteiger partial charge in [0.25, 0.3) is 5.91 Å². The van der Waals surface area contributed by atoms with E-state index in [2.05, 4.69) is 9.69 Å². The van der Waals surface area contributed by atoms with E-state index in [-0.39, 0.29) is 5.91 Å². The summed E-state index contributed by atoms with van der Waals surface area (Å²) in [5.41, 5.74) is 0.555. The monoisotopic (exact) mass is 214 g/mol. The summed E-state index contributed by atoms with van der Waals surface area (Å²) in [6, 6.07) is 2.19. The molecule has 0 bridgehead atoms. The summed E-state index contributed by atoms with van der Waals surface area (Å²) in [6.45, 7) is 1.95. The van der Waals surface area contributed by atoms with Crippen LogP contribution in [0.5, 0.6) is 0 Å². The molecule has 0 radical (unpaired) electrons. The summed E-state index contributed by atoms with van der Waals surface area (Å²) in [5, 5.41) is 2.93. The molecule has 1 aromatic heterocycles. The topological polar surface area (TPSA) is 42.0 Å². The highest BCUT2D eigenvalue weighted by Gasteiger charge is 2.21.